The molecule has 0 aliphatic carbocycles. The molecule has 2 aromatic carbocycles. The first kappa shape index (κ1) is 17.1. The smallest absolute Gasteiger partial charge is 0.416 e. The quantitative estimate of drug-likeness (QED) is 0.762. The predicted octanol–water partition coefficient (Wildman–Crippen LogP) is 4.57. The van der Waals surface area contributed by atoms with Gasteiger partial charge in [0.25, 0.3) is 0 Å². The van der Waals surface area contributed by atoms with Crippen LogP contribution in [0.2, 0.25) is 0 Å². The van der Waals surface area contributed by atoms with E-state index in [0.717, 1.165) is 29.7 Å². The molecule has 0 aromatic heterocycles. The standard InChI is InChI=1S/C19H16F3NO2/c1-2-18(24)23-10-9-13-3-6-17(11-14(13)12-23)25-16-7-4-15(5-8-16)19(20,21)22/h2-8,11H,1,9-10,12H2. The molecule has 2 aromatic rings. The number of nitrogens with zero attached hydrogens (tertiary/aromatic N) is 1. The van der Waals surface area contributed by atoms with Crippen LogP contribution in [0.25, 0.3) is 0 Å². The molecule has 3 rings (SSSR count). The maximum Gasteiger partial charge on any atom is 0.416 e. The van der Waals surface area contributed by atoms with Gasteiger partial charge in [-0.1, -0.05) is 12.6 Å². The van der Waals surface area contributed by atoms with Crippen LogP contribution in [0.4, 0.5) is 13.2 Å². The molecule has 0 N–H and O–H groups in total. The highest BCUT2D eigenvalue weighted by Gasteiger charge is 2.30. The van der Waals surface area contributed by atoms with Gasteiger partial charge in [-0.25, -0.2) is 0 Å². The summed E-state index contributed by atoms with van der Waals surface area (Å²) in [7, 11) is 0. The van der Waals surface area contributed by atoms with Crippen molar-refractivity contribution < 1.29 is 22.7 Å². The maximum atomic E-state index is 12.6. The van der Waals surface area contributed by atoms with Crippen molar-refractivity contribution in [2.45, 2.75) is 19.1 Å². The lowest BCUT2D eigenvalue weighted by Gasteiger charge is -2.28. The second kappa shape index (κ2) is 6.63. The number of ether oxygens (including phenoxy) is 1. The third kappa shape index (κ3) is 3.84. The van der Waals surface area contributed by atoms with Gasteiger partial charge in [0.1, 0.15) is 11.5 Å². The number of benzene rings is 2. The van der Waals surface area contributed by atoms with Crippen molar-refractivity contribution in [2.75, 3.05) is 6.54 Å². The summed E-state index contributed by atoms with van der Waals surface area (Å²) in [6, 6.07) is 10.1. The van der Waals surface area contributed by atoms with Crippen LogP contribution in [-0.4, -0.2) is 17.4 Å². The molecule has 1 aliphatic rings. The highest BCUT2D eigenvalue weighted by atomic mass is 19.4. The molecular formula is C19H16F3NO2. The number of halogens is 3. The van der Waals surface area contributed by atoms with Crippen molar-refractivity contribution >= 4 is 5.91 Å². The number of hydrogen-bond acceptors (Lipinski definition) is 2. The minimum absolute atomic E-state index is 0.125. The molecule has 1 heterocycles. The van der Waals surface area contributed by atoms with Gasteiger partial charge < -0.3 is 9.64 Å². The Morgan fingerprint density at radius 3 is 2.40 bits per heavy atom. The van der Waals surface area contributed by atoms with Gasteiger partial charge in [0, 0.05) is 13.1 Å². The van der Waals surface area contributed by atoms with E-state index in [1.807, 2.05) is 12.1 Å². The first-order valence-corrected chi connectivity index (χ1v) is 7.75. The third-order valence-electron chi connectivity index (χ3n) is 4.09. The number of rotatable bonds is 3. The number of carbonyl (C=O) groups excluding carboxylic acids is 1. The summed E-state index contributed by atoms with van der Waals surface area (Å²) in [5.74, 6) is 0.717. The van der Waals surface area contributed by atoms with Crippen molar-refractivity contribution in [3.05, 3.63) is 71.8 Å². The van der Waals surface area contributed by atoms with Crippen LogP contribution in [0, 0.1) is 0 Å². The molecule has 130 valence electrons. The van der Waals surface area contributed by atoms with E-state index in [0.29, 0.717) is 24.6 Å². The summed E-state index contributed by atoms with van der Waals surface area (Å²) < 4.78 is 43.4. The first-order valence-electron chi connectivity index (χ1n) is 7.75. The van der Waals surface area contributed by atoms with Gasteiger partial charge in [-0.2, -0.15) is 13.2 Å². The Bertz CT molecular complexity index is 797. The highest BCUT2D eigenvalue weighted by Crippen LogP contribution is 2.32. The summed E-state index contributed by atoms with van der Waals surface area (Å²) >= 11 is 0. The molecule has 0 atom stereocenters. The average Bonchev–Trinajstić information content (AvgIpc) is 2.60. The van der Waals surface area contributed by atoms with Crippen LogP contribution in [0.1, 0.15) is 16.7 Å². The highest BCUT2D eigenvalue weighted by molar-refractivity contribution is 5.87. The van der Waals surface area contributed by atoms with E-state index >= 15 is 0 Å². The lowest BCUT2D eigenvalue weighted by atomic mass is 9.99. The van der Waals surface area contributed by atoms with Gasteiger partial charge in [-0.15, -0.1) is 0 Å². The Hall–Kier alpha value is -2.76. The summed E-state index contributed by atoms with van der Waals surface area (Å²) in [5.41, 5.74) is 1.38. The molecule has 0 fully saturated rings. The van der Waals surface area contributed by atoms with E-state index in [9.17, 15) is 18.0 Å². The minimum atomic E-state index is -4.37. The van der Waals surface area contributed by atoms with Crippen molar-refractivity contribution in [1.82, 2.24) is 4.90 Å². The van der Waals surface area contributed by atoms with Crippen LogP contribution in [0.15, 0.2) is 55.1 Å². The summed E-state index contributed by atoms with van der Waals surface area (Å²) in [4.78, 5) is 13.4. The normalized spacial score (nSPS) is 14.0. The van der Waals surface area contributed by atoms with E-state index in [2.05, 4.69) is 6.58 Å². The molecule has 25 heavy (non-hydrogen) atoms. The molecule has 1 amide bonds. The Morgan fingerprint density at radius 1 is 1.08 bits per heavy atom. The van der Waals surface area contributed by atoms with Gasteiger partial charge in [-0.3, -0.25) is 4.79 Å². The van der Waals surface area contributed by atoms with Gasteiger partial charge >= 0.3 is 6.18 Å². The molecular weight excluding hydrogens is 331 g/mol. The van der Waals surface area contributed by atoms with Crippen LogP contribution in [-0.2, 0) is 23.9 Å². The zero-order chi connectivity index (χ0) is 18.0. The van der Waals surface area contributed by atoms with Crippen molar-refractivity contribution in [3.8, 4) is 11.5 Å². The zero-order valence-corrected chi connectivity index (χ0v) is 13.3. The topological polar surface area (TPSA) is 29.5 Å². The monoisotopic (exact) mass is 347 g/mol. The van der Waals surface area contributed by atoms with Crippen LogP contribution < -0.4 is 4.74 Å². The molecule has 0 saturated heterocycles. The Labute approximate surface area is 143 Å². The molecule has 0 radical (unpaired) electrons. The Kier molecular flexibility index (Phi) is 4.53. The van der Waals surface area contributed by atoms with E-state index in [-0.39, 0.29) is 5.91 Å². The molecule has 0 spiro atoms. The fourth-order valence-corrected chi connectivity index (χ4v) is 2.76. The second-order valence-electron chi connectivity index (χ2n) is 5.77. The van der Waals surface area contributed by atoms with Gasteiger partial charge in [0.2, 0.25) is 5.91 Å². The van der Waals surface area contributed by atoms with E-state index in [4.69, 9.17) is 4.74 Å². The summed E-state index contributed by atoms with van der Waals surface area (Å²) in [5, 5.41) is 0. The van der Waals surface area contributed by atoms with Crippen molar-refractivity contribution in [3.63, 3.8) is 0 Å². The number of fused-ring (bicyclic) bond motifs is 1. The third-order valence-corrected chi connectivity index (χ3v) is 4.09. The van der Waals surface area contributed by atoms with Crippen LogP contribution >= 0.6 is 0 Å². The molecule has 1 aliphatic heterocycles. The minimum Gasteiger partial charge on any atom is -0.457 e. The van der Waals surface area contributed by atoms with Crippen molar-refractivity contribution in [2.24, 2.45) is 0 Å². The second-order valence-corrected chi connectivity index (χ2v) is 5.77. The fraction of sp³-hybridized carbons (Fsp3) is 0.211. The van der Waals surface area contributed by atoms with E-state index in [1.165, 1.54) is 18.2 Å². The fourth-order valence-electron chi connectivity index (χ4n) is 2.76. The number of amides is 1. The van der Waals surface area contributed by atoms with E-state index in [1.54, 1.807) is 11.0 Å². The maximum absolute atomic E-state index is 12.6. The summed E-state index contributed by atoms with van der Waals surface area (Å²) in [6.07, 6.45) is -2.34. The number of alkyl halides is 3. The zero-order valence-electron chi connectivity index (χ0n) is 13.3. The Balaban J connectivity index is 1.76. The lowest BCUT2D eigenvalue weighted by molar-refractivity contribution is -0.137. The molecule has 0 saturated carbocycles. The predicted molar refractivity (Wildman–Crippen MR) is 87.3 cm³/mol. The van der Waals surface area contributed by atoms with Crippen molar-refractivity contribution in [1.29, 1.82) is 0 Å². The largest absolute Gasteiger partial charge is 0.457 e. The Morgan fingerprint density at radius 2 is 1.76 bits per heavy atom. The molecule has 3 nitrogen and oxygen atoms in total. The van der Waals surface area contributed by atoms with Gasteiger partial charge in [0.05, 0.1) is 5.56 Å². The van der Waals surface area contributed by atoms with Crippen LogP contribution in [0.3, 0.4) is 0 Å². The number of hydrogen-bond donors (Lipinski definition) is 0. The average molecular weight is 347 g/mol. The van der Waals surface area contributed by atoms with Gasteiger partial charge in [-0.05, 0) is 60.0 Å². The van der Waals surface area contributed by atoms with Gasteiger partial charge in [0.15, 0.2) is 0 Å². The first-order chi connectivity index (χ1) is 11.9. The molecule has 0 bridgehead atoms. The molecule has 0 unspecified atom stereocenters. The molecule has 6 heteroatoms. The summed E-state index contributed by atoms with van der Waals surface area (Å²) in [6.45, 7) is 4.59. The van der Waals surface area contributed by atoms with E-state index < -0.39 is 11.7 Å². The SMILES string of the molecule is C=CC(=O)N1CCc2ccc(Oc3ccc(C(F)(F)F)cc3)cc2C1. The van der Waals surface area contributed by atoms with Crippen LogP contribution in [0.5, 0.6) is 11.5 Å². The number of carbonyl (C=O) groups is 1. The lowest BCUT2D eigenvalue weighted by Crippen LogP contribution is -2.34.